The Morgan fingerprint density at radius 2 is 1.71 bits per heavy atom. The fourth-order valence-corrected chi connectivity index (χ4v) is 4.18. The summed E-state index contributed by atoms with van der Waals surface area (Å²) in [4.78, 5) is 11.8. The first-order valence-electron chi connectivity index (χ1n) is 7.64. The predicted molar refractivity (Wildman–Crippen MR) is 90.9 cm³/mol. The third-order valence-electron chi connectivity index (χ3n) is 4.14. The van der Waals surface area contributed by atoms with Crippen LogP contribution in [0.5, 0.6) is 0 Å². The first kappa shape index (κ1) is 16.6. The van der Waals surface area contributed by atoms with Gasteiger partial charge in [-0.15, -0.1) is 0 Å². The lowest BCUT2D eigenvalue weighted by Crippen LogP contribution is -2.54. The molecule has 6 nitrogen and oxygen atoms in total. The van der Waals surface area contributed by atoms with Crippen molar-refractivity contribution >= 4 is 16.1 Å². The molecule has 3 N–H and O–H groups in total. The number of nitrogens with two attached hydrogens (primary N) is 1. The van der Waals surface area contributed by atoms with Crippen molar-refractivity contribution in [2.24, 2.45) is 5.73 Å². The summed E-state index contributed by atoms with van der Waals surface area (Å²) in [6, 6.07) is 15.8. The van der Waals surface area contributed by atoms with E-state index in [-0.39, 0.29) is 19.5 Å². The molecule has 0 radical (unpaired) electrons. The molecular formula is C17H19N3O3S. The van der Waals surface area contributed by atoms with Gasteiger partial charge in [0.2, 0.25) is 5.91 Å². The van der Waals surface area contributed by atoms with Crippen LogP contribution < -0.4 is 10.5 Å². The molecule has 1 aliphatic heterocycles. The first-order chi connectivity index (χ1) is 11.5. The Bertz CT molecular complexity index is 837. The zero-order valence-corrected chi connectivity index (χ0v) is 13.9. The van der Waals surface area contributed by atoms with Gasteiger partial charge in [-0.25, -0.2) is 0 Å². The smallest absolute Gasteiger partial charge is 0.280 e. The highest BCUT2D eigenvalue weighted by molar-refractivity contribution is 7.87. The van der Waals surface area contributed by atoms with Crippen molar-refractivity contribution in [1.29, 1.82) is 0 Å². The zero-order chi connectivity index (χ0) is 17.2. The highest BCUT2D eigenvalue weighted by Gasteiger charge is 2.37. The molecule has 0 unspecified atom stereocenters. The minimum atomic E-state index is -3.84. The summed E-state index contributed by atoms with van der Waals surface area (Å²) in [5.74, 6) is -0.644. The molecule has 0 aliphatic carbocycles. The van der Waals surface area contributed by atoms with Crippen molar-refractivity contribution in [2.45, 2.75) is 25.6 Å². The highest BCUT2D eigenvalue weighted by Crippen LogP contribution is 2.25. The summed E-state index contributed by atoms with van der Waals surface area (Å²) in [6.45, 7) is 0.292. The van der Waals surface area contributed by atoms with Crippen molar-refractivity contribution in [2.75, 3.05) is 0 Å². The summed E-state index contributed by atoms with van der Waals surface area (Å²) in [6.07, 6.45) is 0.289. The van der Waals surface area contributed by atoms with E-state index < -0.39 is 22.2 Å². The molecule has 0 spiro atoms. The second-order valence-electron chi connectivity index (χ2n) is 5.75. The molecule has 0 saturated heterocycles. The van der Waals surface area contributed by atoms with Crippen LogP contribution in [0.3, 0.4) is 0 Å². The van der Waals surface area contributed by atoms with E-state index in [9.17, 15) is 13.2 Å². The Balaban J connectivity index is 1.83. The number of primary amides is 1. The maximum absolute atomic E-state index is 12.7. The number of nitrogens with one attached hydrogen (secondary N) is 1. The Labute approximate surface area is 141 Å². The molecule has 7 heteroatoms. The van der Waals surface area contributed by atoms with E-state index in [1.54, 1.807) is 0 Å². The van der Waals surface area contributed by atoms with Crippen LogP contribution in [-0.4, -0.2) is 24.7 Å². The summed E-state index contributed by atoms with van der Waals surface area (Å²) in [5.41, 5.74) is 8.13. The van der Waals surface area contributed by atoms with Gasteiger partial charge >= 0.3 is 0 Å². The fraction of sp³-hybridized carbons (Fsp3) is 0.235. The molecule has 2 aromatic carbocycles. The monoisotopic (exact) mass is 345 g/mol. The minimum Gasteiger partial charge on any atom is -0.368 e. The number of carbonyl (C=O) groups excluding carboxylic acids is 1. The number of benzene rings is 2. The second kappa shape index (κ2) is 6.72. The second-order valence-corrected chi connectivity index (χ2v) is 7.46. The van der Waals surface area contributed by atoms with Crippen LogP contribution >= 0.6 is 0 Å². The van der Waals surface area contributed by atoms with Crippen molar-refractivity contribution in [3.05, 3.63) is 71.3 Å². The van der Waals surface area contributed by atoms with E-state index in [1.165, 1.54) is 0 Å². The molecule has 0 saturated carbocycles. The van der Waals surface area contributed by atoms with Crippen LogP contribution in [-0.2, 0) is 34.5 Å². The van der Waals surface area contributed by atoms with Gasteiger partial charge in [0.25, 0.3) is 10.2 Å². The van der Waals surface area contributed by atoms with Gasteiger partial charge in [0.15, 0.2) is 0 Å². The predicted octanol–water partition coefficient (Wildman–Crippen LogP) is 0.933. The molecule has 1 aliphatic rings. The molecule has 24 heavy (non-hydrogen) atoms. The number of hydrogen-bond acceptors (Lipinski definition) is 3. The zero-order valence-electron chi connectivity index (χ0n) is 13.1. The van der Waals surface area contributed by atoms with Crippen LogP contribution in [0.15, 0.2) is 54.6 Å². The Morgan fingerprint density at radius 3 is 2.38 bits per heavy atom. The lowest BCUT2D eigenvalue weighted by molar-refractivity contribution is -0.122. The third-order valence-corrected chi connectivity index (χ3v) is 5.65. The third kappa shape index (κ3) is 3.48. The number of nitrogens with zero attached hydrogens (tertiary/aromatic N) is 1. The summed E-state index contributed by atoms with van der Waals surface area (Å²) >= 11 is 0. The van der Waals surface area contributed by atoms with Crippen molar-refractivity contribution in [3.8, 4) is 0 Å². The Hall–Kier alpha value is -2.22. The molecule has 1 heterocycles. The fourth-order valence-electron chi connectivity index (χ4n) is 2.85. The van der Waals surface area contributed by atoms with Gasteiger partial charge in [-0.3, -0.25) is 4.79 Å². The SMILES string of the molecule is NC(=O)[C@H]1Cc2ccccc2CN1S(=O)(=O)NCc1ccccc1. The maximum Gasteiger partial charge on any atom is 0.280 e. The summed E-state index contributed by atoms with van der Waals surface area (Å²) < 4.78 is 29.1. The number of rotatable bonds is 5. The van der Waals surface area contributed by atoms with E-state index in [1.807, 2.05) is 54.6 Å². The average Bonchev–Trinajstić information content (AvgIpc) is 2.60. The van der Waals surface area contributed by atoms with Gasteiger partial charge in [-0.2, -0.15) is 17.4 Å². The van der Waals surface area contributed by atoms with Crippen LogP contribution in [0, 0.1) is 0 Å². The lowest BCUT2D eigenvalue weighted by Gasteiger charge is -2.34. The Morgan fingerprint density at radius 1 is 1.08 bits per heavy atom. The molecule has 2 aromatic rings. The minimum absolute atomic E-state index is 0.133. The van der Waals surface area contributed by atoms with Crippen LogP contribution in [0.1, 0.15) is 16.7 Å². The molecule has 126 valence electrons. The maximum atomic E-state index is 12.7. The van der Waals surface area contributed by atoms with E-state index in [0.29, 0.717) is 0 Å². The van der Waals surface area contributed by atoms with Gasteiger partial charge in [0.05, 0.1) is 0 Å². The average molecular weight is 345 g/mol. The summed E-state index contributed by atoms with van der Waals surface area (Å²) in [7, 11) is -3.84. The number of fused-ring (bicyclic) bond motifs is 1. The Kier molecular flexibility index (Phi) is 4.66. The summed E-state index contributed by atoms with van der Waals surface area (Å²) in [5, 5.41) is 0. The van der Waals surface area contributed by atoms with Gasteiger partial charge in [-0.05, 0) is 23.1 Å². The number of carbonyl (C=O) groups is 1. The van der Waals surface area contributed by atoms with E-state index in [0.717, 1.165) is 21.0 Å². The molecule has 1 atom stereocenters. The van der Waals surface area contributed by atoms with Gasteiger partial charge < -0.3 is 5.73 Å². The quantitative estimate of drug-likeness (QED) is 0.844. The molecule has 3 rings (SSSR count). The van der Waals surface area contributed by atoms with Gasteiger partial charge in [-0.1, -0.05) is 54.6 Å². The number of hydrogen-bond donors (Lipinski definition) is 2. The largest absolute Gasteiger partial charge is 0.368 e. The van der Waals surface area contributed by atoms with Crippen LogP contribution in [0.4, 0.5) is 0 Å². The van der Waals surface area contributed by atoms with E-state index in [4.69, 9.17) is 5.73 Å². The van der Waals surface area contributed by atoms with Crippen molar-refractivity contribution in [1.82, 2.24) is 9.03 Å². The van der Waals surface area contributed by atoms with Gasteiger partial charge in [0, 0.05) is 13.1 Å². The van der Waals surface area contributed by atoms with Crippen molar-refractivity contribution in [3.63, 3.8) is 0 Å². The standard InChI is InChI=1S/C17H19N3O3S/c18-17(21)16-10-14-8-4-5-9-15(14)12-20(16)24(22,23)19-11-13-6-2-1-3-7-13/h1-9,16,19H,10-12H2,(H2,18,21)/t16-/m1/s1. The topological polar surface area (TPSA) is 92.5 Å². The number of amides is 1. The van der Waals surface area contributed by atoms with Gasteiger partial charge in [0.1, 0.15) is 6.04 Å². The van der Waals surface area contributed by atoms with Crippen LogP contribution in [0.25, 0.3) is 0 Å². The highest BCUT2D eigenvalue weighted by atomic mass is 32.2. The van der Waals surface area contributed by atoms with E-state index >= 15 is 0 Å². The molecule has 0 aromatic heterocycles. The lowest BCUT2D eigenvalue weighted by atomic mass is 9.96. The first-order valence-corrected chi connectivity index (χ1v) is 9.08. The molecular weight excluding hydrogens is 326 g/mol. The molecule has 0 fully saturated rings. The molecule has 0 bridgehead atoms. The van der Waals surface area contributed by atoms with Crippen LogP contribution in [0.2, 0.25) is 0 Å². The van der Waals surface area contributed by atoms with Crippen molar-refractivity contribution < 1.29 is 13.2 Å². The normalized spacial score (nSPS) is 18.1. The molecule has 1 amide bonds. The van der Waals surface area contributed by atoms with E-state index in [2.05, 4.69) is 4.72 Å².